The van der Waals surface area contributed by atoms with Crippen LogP contribution in [0.25, 0.3) is 0 Å². The van der Waals surface area contributed by atoms with Crippen LogP contribution in [0, 0.1) is 5.92 Å². The molecule has 2 rings (SSSR count). The Balaban J connectivity index is 1.96. The van der Waals surface area contributed by atoms with Gasteiger partial charge in [0.05, 0.1) is 19.0 Å². The van der Waals surface area contributed by atoms with E-state index >= 15 is 0 Å². The average molecular weight is 264 g/mol. The number of hydrogen-bond acceptors (Lipinski definition) is 5. The zero-order valence-electron chi connectivity index (χ0n) is 11.3. The van der Waals surface area contributed by atoms with Crippen LogP contribution in [-0.2, 0) is 4.74 Å². The maximum atomic E-state index is 12.1. The number of aromatic nitrogens is 2. The van der Waals surface area contributed by atoms with Crippen molar-refractivity contribution in [3.63, 3.8) is 0 Å². The Morgan fingerprint density at radius 3 is 3.11 bits per heavy atom. The Hall–Kier alpha value is -1.69. The van der Waals surface area contributed by atoms with E-state index in [2.05, 4.69) is 20.6 Å². The van der Waals surface area contributed by atoms with Gasteiger partial charge in [-0.25, -0.2) is 4.98 Å². The van der Waals surface area contributed by atoms with Crippen LogP contribution in [0.2, 0.25) is 0 Å². The van der Waals surface area contributed by atoms with Gasteiger partial charge in [-0.2, -0.15) is 0 Å². The van der Waals surface area contributed by atoms with Crippen molar-refractivity contribution in [1.82, 2.24) is 15.3 Å². The van der Waals surface area contributed by atoms with E-state index in [1.807, 2.05) is 13.8 Å². The number of hydrogen-bond donors (Lipinski definition) is 2. The van der Waals surface area contributed by atoms with E-state index in [0.717, 1.165) is 19.6 Å². The molecule has 19 heavy (non-hydrogen) atoms. The van der Waals surface area contributed by atoms with Gasteiger partial charge >= 0.3 is 0 Å². The number of ether oxygens (including phenoxy) is 1. The van der Waals surface area contributed by atoms with E-state index in [-0.39, 0.29) is 11.9 Å². The molecule has 2 heterocycles. The number of anilines is 1. The molecule has 1 saturated heterocycles. The molecule has 0 radical (unpaired) electrons. The summed E-state index contributed by atoms with van der Waals surface area (Å²) in [7, 11) is 0. The summed E-state index contributed by atoms with van der Waals surface area (Å²) < 4.78 is 5.33. The number of nitrogens with one attached hydrogen (secondary N) is 2. The summed E-state index contributed by atoms with van der Waals surface area (Å²) in [5, 5.41) is 6.00. The zero-order valence-corrected chi connectivity index (χ0v) is 11.3. The van der Waals surface area contributed by atoms with Gasteiger partial charge in [0.25, 0.3) is 5.91 Å². The normalized spacial score (nSPS) is 20.0. The molecule has 1 fully saturated rings. The maximum absolute atomic E-state index is 12.1. The molecule has 6 heteroatoms. The van der Waals surface area contributed by atoms with Crippen molar-refractivity contribution in [2.24, 2.45) is 5.92 Å². The number of carbonyl (C=O) groups excluding carboxylic acids is 1. The Labute approximate surface area is 113 Å². The number of rotatable bonds is 5. The summed E-state index contributed by atoms with van der Waals surface area (Å²) in [6.07, 6.45) is 4.08. The first-order chi connectivity index (χ1) is 9.20. The lowest BCUT2D eigenvalue weighted by Crippen LogP contribution is -2.38. The number of carbonyl (C=O) groups is 1. The van der Waals surface area contributed by atoms with Crippen LogP contribution in [0.4, 0.5) is 5.82 Å². The fraction of sp³-hybridized carbons (Fsp3) is 0.615. The third-order valence-corrected chi connectivity index (χ3v) is 3.26. The predicted molar refractivity (Wildman–Crippen MR) is 72.0 cm³/mol. The first kappa shape index (κ1) is 13.7. The van der Waals surface area contributed by atoms with E-state index in [4.69, 9.17) is 4.74 Å². The summed E-state index contributed by atoms with van der Waals surface area (Å²) in [6, 6.07) is 0.0830. The van der Waals surface area contributed by atoms with Gasteiger partial charge in [0.15, 0.2) is 0 Å². The van der Waals surface area contributed by atoms with Crippen LogP contribution >= 0.6 is 0 Å². The summed E-state index contributed by atoms with van der Waals surface area (Å²) in [5.41, 5.74) is 0.337. The minimum Gasteiger partial charge on any atom is -0.381 e. The first-order valence-corrected chi connectivity index (χ1v) is 6.65. The predicted octanol–water partition coefficient (Wildman–Crippen LogP) is 1.06. The standard InChI is InChI=1S/C13H20N4O2/c1-3-15-12-7-14-6-11(17-12)13(18)16-9(2)10-4-5-19-8-10/h6-7,9-10H,3-5,8H2,1-2H3,(H,15,17)(H,16,18). The van der Waals surface area contributed by atoms with Crippen molar-refractivity contribution in [1.29, 1.82) is 0 Å². The minimum absolute atomic E-state index is 0.0830. The van der Waals surface area contributed by atoms with Crippen molar-refractivity contribution in [3.8, 4) is 0 Å². The van der Waals surface area contributed by atoms with Gasteiger partial charge in [0.2, 0.25) is 0 Å². The van der Waals surface area contributed by atoms with Crippen molar-refractivity contribution in [2.45, 2.75) is 26.3 Å². The SMILES string of the molecule is CCNc1cncc(C(=O)NC(C)C2CCOC2)n1. The second kappa shape index (κ2) is 6.47. The van der Waals surface area contributed by atoms with Crippen molar-refractivity contribution in [2.75, 3.05) is 25.1 Å². The molecule has 2 atom stereocenters. The van der Waals surface area contributed by atoms with E-state index in [0.29, 0.717) is 24.0 Å². The van der Waals surface area contributed by atoms with Crippen LogP contribution < -0.4 is 10.6 Å². The van der Waals surface area contributed by atoms with Gasteiger partial charge in [-0.15, -0.1) is 0 Å². The molecule has 0 bridgehead atoms. The van der Waals surface area contributed by atoms with Gasteiger partial charge in [-0.3, -0.25) is 9.78 Å². The van der Waals surface area contributed by atoms with Gasteiger partial charge in [-0.1, -0.05) is 0 Å². The smallest absolute Gasteiger partial charge is 0.271 e. The molecule has 1 amide bonds. The molecule has 104 valence electrons. The lowest BCUT2D eigenvalue weighted by molar-refractivity contribution is 0.0917. The molecule has 0 aliphatic carbocycles. The highest BCUT2D eigenvalue weighted by atomic mass is 16.5. The molecule has 1 aliphatic heterocycles. The number of nitrogens with zero attached hydrogens (tertiary/aromatic N) is 2. The maximum Gasteiger partial charge on any atom is 0.271 e. The zero-order chi connectivity index (χ0) is 13.7. The highest BCUT2D eigenvalue weighted by molar-refractivity contribution is 5.92. The fourth-order valence-corrected chi connectivity index (χ4v) is 2.09. The highest BCUT2D eigenvalue weighted by Gasteiger charge is 2.24. The van der Waals surface area contributed by atoms with Gasteiger partial charge < -0.3 is 15.4 Å². The summed E-state index contributed by atoms with van der Waals surface area (Å²) >= 11 is 0. The molecule has 1 aromatic heterocycles. The van der Waals surface area contributed by atoms with E-state index in [9.17, 15) is 4.79 Å². The Morgan fingerprint density at radius 2 is 2.42 bits per heavy atom. The van der Waals surface area contributed by atoms with Crippen molar-refractivity contribution < 1.29 is 9.53 Å². The van der Waals surface area contributed by atoms with Crippen LogP contribution in [0.3, 0.4) is 0 Å². The number of amides is 1. The second-order valence-electron chi connectivity index (χ2n) is 4.71. The van der Waals surface area contributed by atoms with Gasteiger partial charge in [-0.05, 0) is 20.3 Å². The lowest BCUT2D eigenvalue weighted by Gasteiger charge is -2.18. The van der Waals surface area contributed by atoms with Crippen LogP contribution in [0.5, 0.6) is 0 Å². The molecule has 1 aliphatic rings. The van der Waals surface area contributed by atoms with Crippen LogP contribution in [0.1, 0.15) is 30.8 Å². The summed E-state index contributed by atoms with van der Waals surface area (Å²) in [4.78, 5) is 20.3. The molecule has 1 aromatic rings. The molecule has 0 spiro atoms. The molecule has 0 saturated carbocycles. The molecular formula is C13H20N4O2. The minimum atomic E-state index is -0.188. The monoisotopic (exact) mass is 264 g/mol. The van der Waals surface area contributed by atoms with Crippen molar-refractivity contribution in [3.05, 3.63) is 18.1 Å². The molecule has 0 aromatic carbocycles. The van der Waals surface area contributed by atoms with E-state index < -0.39 is 0 Å². The largest absolute Gasteiger partial charge is 0.381 e. The lowest BCUT2D eigenvalue weighted by atomic mass is 10.0. The molecule has 6 nitrogen and oxygen atoms in total. The van der Waals surface area contributed by atoms with E-state index in [1.165, 1.54) is 6.20 Å². The van der Waals surface area contributed by atoms with Crippen molar-refractivity contribution >= 4 is 11.7 Å². The highest BCUT2D eigenvalue weighted by Crippen LogP contribution is 2.16. The Morgan fingerprint density at radius 1 is 1.58 bits per heavy atom. The fourth-order valence-electron chi connectivity index (χ4n) is 2.09. The molecular weight excluding hydrogens is 244 g/mol. The third-order valence-electron chi connectivity index (χ3n) is 3.26. The third kappa shape index (κ3) is 3.64. The molecule has 2 N–H and O–H groups in total. The first-order valence-electron chi connectivity index (χ1n) is 6.65. The van der Waals surface area contributed by atoms with Gasteiger partial charge in [0, 0.05) is 25.1 Å². The topological polar surface area (TPSA) is 76.1 Å². The van der Waals surface area contributed by atoms with Crippen LogP contribution in [-0.4, -0.2) is 41.7 Å². The van der Waals surface area contributed by atoms with E-state index in [1.54, 1.807) is 6.20 Å². The second-order valence-corrected chi connectivity index (χ2v) is 4.71. The Bertz CT molecular complexity index is 432. The summed E-state index contributed by atoms with van der Waals surface area (Å²) in [5.74, 6) is 0.813. The summed E-state index contributed by atoms with van der Waals surface area (Å²) in [6.45, 7) is 6.20. The van der Waals surface area contributed by atoms with Gasteiger partial charge in [0.1, 0.15) is 11.5 Å². The average Bonchev–Trinajstić information content (AvgIpc) is 2.93. The molecule has 2 unspecified atom stereocenters. The Kier molecular flexibility index (Phi) is 4.68. The van der Waals surface area contributed by atoms with Crippen LogP contribution in [0.15, 0.2) is 12.4 Å². The quantitative estimate of drug-likeness (QED) is 0.831.